The third-order valence-electron chi connectivity index (χ3n) is 2.65. The van der Waals surface area contributed by atoms with Crippen LogP contribution in [0.3, 0.4) is 0 Å². The van der Waals surface area contributed by atoms with Gasteiger partial charge in [0, 0.05) is 11.4 Å². The molecule has 2 rings (SSSR count). The first-order valence-electron chi connectivity index (χ1n) is 6.05. The number of rotatable bonds is 3. The number of esters is 1. The second-order valence-corrected chi connectivity index (χ2v) is 5.07. The molecule has 1 aliphatic rings. The highest BCUT2D eigenvalue weighted by Gasteiger charge is 2.17. The molecule has 0 aliphatic carbocycles. The van der Waals surface area contributed by atoms with Gasteiger partial charge in [-0.3, -0.25) is 4.79 Å². The van der Waals surface area contributed by atoms with Gasteiger partial charge in [-0.25, -0.2) is 0 Å². The lowest BCUT2D eigenvalue weighted by molar-refractivity contribution is -0.147. The van der Waals surface area contributed by atoms with Crippen LogP contribution >= 0.6 is 15.9 Å². The molecule has 100 valence electrons. The van der Waals surface area contributed by atoms with Gasteiger partial charge in [0.25, 0.3) is 0 Å². The molecule has 1 aromatic rings. The summed E-state index contributed by atoms with van der Waals surface area (Å²) in [6.07, 6.45) is 5.34. The Morgan fingerprint density at radius 1 is 1.37 bits per heavy atom. The van der Waals surface area contributed by atoms with E-state index in [2.05, 4.69) is 15.9 Å². The summed E-state index contributed by atoms with van der Waals surface area (Å²) in [6.45, 7) is 1.78. The zero-order valence-electron chi connectivity index (χ0n) is 10.6. The molecule has 0 saturated carbocycles. The third kappa shape index (κ3) is 4.33. The van der Waals surface area contributed by atoms with Crippen LogP contribution in [0.25, 0.3) is 4.48 Å². The Labute approximate surface area is 121 Å². The fraction of sp³-hybridized carbons (Fsp3) is 0.267. The minimum atomic E-state index is -0.294. The first kappa shape index (κ1) is 14.0. The van der Waals surface area contributed by atoms with Gasteiger partial charge in [-0.2, -0.15) is 0 Å². The summed E-state index contributed by atoms with van der Waals surface area (Å²) in [6, 6.07) is 9.99. The van der Waals surface area contributed by atoms with Gasteiger partial charge in [0.1, 0.15) is 6.10 Å². The zero-order chi connectivity index (χ0) is 13.7. The van der Waals surface area contributed by atoms with Crippen molar-refractivity contribution in [3.05, 3.63) is 54.1 Å². The van der Waals surface area contributed by atoms with Crippen molar-refractivity contribution in [2.24, 2.45) is 0 Å². The van der Waals surface area contributed by atoms with Crippen LogP contribution in [0.1, 0.15) is 12.5 Å². The van der Waals surface area contributed by atoms with E-state index in [1.54, 1.807) is 0 Å². The normalized spacial score (nSPS) is 23.2. The number of carbonyl (C=O) groups excluding carboxylic acids is 1. The van der Waals surface area contributed by atoms with E-state index in [1.807, 2.05) is 48.6 Å². The summed E-state index contributed by atoms with van der Waals surface area (Å²) in [5, 5.41) is 0. The van der Waals surface area contributed by atoms with Crippen LogP contribution in [0, 0.1) is 0 Å². The lowest BCUT2D eigenvalue weighted by Crippen LogP contribution is -2.27. The van der Waals surface area contributed by atoms with E-state index in [-0.39, 0.29) is 18.2 Å². The highest BCUT2D eigenvalue weighted by atomic mass is 79.9. The molecule has 0 amide bonds. The van der Waals surface area contributed by atoms with Crippen LogP contribution in [-0.2, 0) is 14.3 Å². The summed E-state index contributed by atoms with van der Waals surface area (Å²) in [5.41, 5.74) is 1.10. The smallest absolute Gasteiger partial charge is 0.303 e. The van der Waals surface area contributed by atoms with E-state index in [0.29, 0.717) is 6.61 Å². The van der Waals surface area contributed by atoms with E-state index in [1.165, 1.54) is 6.92 Å². The quantitative estimate of drug-likeness (QED) is 0.632. The van der Waals surface area contributed by atoms with Gasteiger partial charge >= 0.3 is 5.97 Å². The first-order valence-corrected chi connectivity index (χ1v) is 6.84. The zero-order valence-corrected chi connectivity index (χ0v) is 12.2. The second kappa shape index (κ2) is 6.68. The van der Waals surface area contributed by atoms with Gasteiger partial charge in [-0.05, 0) is 17.7 Å². The van der Waals surface area contributed by atoms with Crippen molar-refractivity contribution in [1.29, 1.82) is 0 Å². The maximum atomic E-state index is 10.8. The number of halogens is 1. The average Bonchev–Trinajstić information content (AvgIpc) is 2.41. The second-order valence-electron chi connectivity index (χ2n) is 4.21. The Hall–Kier alpha value is -1.39. The summed E-state index contributed by atoms with van der Waals surface area (Å²) in [7, 11) is 0. The Kier molecular flexibility index (Phi) is 4.93. The van der Waals surface area contributed by atoms with Crippen LogP contribution in [0.15, 0.2) is 48.6 Å². The van der Waals surface area contributed by atoms with Crippen LogP contribution in [0.2, 0.25) is 0 Å². The standard InChI is InChI=1S/C15H15BrO3/c1-11(17)19-14-8-7-13(18-10-14)9-15(16)12-5-3-2-4-6-12/h2-9,13-14H,10H2,1H3/b15-9+/t13?,14-/m0/s1. The third-order valence-corrected chi connectivity index (χ3v) is 3.37. The molecule has 3 nitrogen and oxygen atoms in total. The molecule has 1 unspecified atom stereocenters. The number of carbonyl (C=O) groups is 1. The summed E-state index contributed by atoms with van der Waals surface area (Å²) < 4.78 is 11.6. The van der Waals surface area contributed by atoms with Crippen molar-refractivity contribution in [2.75, 3.05) is 6.61 Å². The van der Waals surface area contributed by atoms with Gasteiger partial charge in [0.15, 0.2) is 0 Å². The molecule has 0 aromatic heterocycles. The summed E-state index contributed by atoms with van der Waals surface area (Å²) >= 11 is 3.54. The Bertz CT molecular complexity index is 493. The number of ether oxygens (including phenoxy) is 2. The molecule has 1 heterocycles. The lowest BCUT2D eigenvalue weighted by Gasteiger charge is -2.21. The van der Waals surface area contributed by atoms with Crippen molar-refractivity contribution in [1.82, 2.24) is 0 Å². The van der Waals surface area contributed by atoms with E-state index in [0.717, 1.165) is 10.0 Å². The highest BCUT2D eigenvalue weighted by molar-refractivity contribution is 9.15. The van der Waals surface area contributed by atoms with Crippen LogP contribution in [-0.4, -0.2) is 24.8 Å². The molecule has 0 spiro atoms. The van der Waals surface area contributed by atoms with Crippen molar-refractivity contribution < 1.29 is 14.3 Å². The Morgan fingerprint density at radius 3 is 2.68 bits per heavy atom. The van der Waals surface area contributed by atoms with E-state index >= 15 is 0 Å². The minimum absolute atomic E-state index is 0.110. The predicted molar refractivity (Wildman–Crippen MR) is 77.8 cm³/mol. The number of benzene rings is 1. The molecule has 0 N–H and O–H groups in total. The van der Waals surface area contributed by atoms with Crippen LogP contribution in [0.4, 0.5) is 0 Å². The molecular weight excluding hydrogens is 308 g/mol. The lowest BCUT2D eigenvalue weighted by atomic mass is 10.1. The fourth-order valence-electron chi connectivity index (χ4n) is 1.78. The van der Waals surface area contributed by atoms with Gasteiger partial charge in [-0.15, -0.1) is 0 Å². The first-order chi connectivity index (χ1) is 9.15. The fourth-order valence-corrected chi connectivity index (χ4v) is 2.30. The minimum Gasteiger partial charge on any atom is -0.456 e. The molecule has 2 atom stereocenters. The largest absolute Gasteiger partial charge is 0.456 e. The Balaban J connectivity index is 2.00. The molecule has 19 heavy (non-hydrogen) atoms. The molecule has 1 aliphatic heterocycles. The highest BCUT2D eigenvalue weighted by Crippen LogP contribution is 2.23. The predicted octanol–water partition coefficient (Wildman–Crippen LogP) is 3.31. The maximum Gasteiger partial charge on any atom is 0.303 e. The molecule has 4 heteroatoms. The SMILES string of the molecule is CC(=O)O[C@H]1C=CC(/C=C(/Br)c2ccccc2)OC1. The van der Waals surface area contributed by atoms with Crippen molar-refractivity contribution in [3.63, 3.8) is 0 Å². The molecule has 0 saturated heterocycles. The number of hydrogen-bond acceptors (Lipinski definition) is 3. The molecular formula is C15H15BrO3. The average molecular weight is 323 g/mol. The molecule has 0 radical (unpaired) electrons. The van der Waals surface area contributed by atoms with Crippen LogP contribution < -0.4 is 0 Å². The van der Waals surface area contributed by atoms with Crippen molar-refractivity contribution in [2.45, 2.75) is 19.1 Å². The summed E-state index contributed by atoms with van der Waals surface area (Å²) in [5.74, 6) is -0.294. The van der Waals surface area contributed by atoms with E-state index in [9.17, 15) is 4.79 Å². The molecule has 0 bridgehead atoms. The van der Waals surface area contributed by atoms with E-state index in [4.69, 9.17) is 9.47 Å². The van der Waals surface area contributed by atoms with Crippen LogP contribution in [0.5, 0.6) is 0 Å². The van der Waals surface area contributed by atoms with Gasteiger partial charge in [0.05, 0.1) is 12.7 Å². The summed E-state index contributed by atoms with van der Waals surface area (Å²) in [4.78, 5) is 10.8. The Morgan fingerprint density at radius 2 is 2.11 bits per heavy atom. The van der Waals surface area contributed by atoms with Gasteiger partial charge < -0.3 is 9.47 Å². The molecule has 0 fully saturated rings. The van der Waals surface area contributed by atoms with Crippen molar-refractivity contribution in [3.8, 4) is 0 Å². The topological polar surface area (TPSA) is 35.5 Å². The molecule has 1 aromatic carbocycles. The number of hydrogen-bond donors (Lipinski definition) is 0. The monoisotopic (exact) mass is 322 g/mol. The maximum absolute atomic E-state index is 10.8. The van der Waals surface area contributed by atoms with E-state index < -0.39 is 0 Å². The van der Waals surface area contributed by atoms with Crippen molar-refractivity contribution >= 4 is 26.4 Å². The van der Waals surface area contributed by atoms with Gasteiger partial charge in [0.2, 0.25) is 0 Å². The van der Waals surface area contributed by atoms with Gasteiger partial charge in [-0.1, -0.05) is 52.3 Å².